The summed E-state index contributed by atoms with van der Waals surface area (Å²) in [6.45, 7) is 12.4. The maximum Gasteiger partial charge on any atom is 0.276 e. The van der Waals surface area contributed by atoms with Crippen LogP contribution >= 0.6 is 0 Å². The molecule has 2 rings (SSSR count). The molecule has 5 nitrogen and oxygen atoms in total. The zero-order valence-corrected chi connectivity index (χ0v) is 17.6. The lowest BCUT2D eigenvalue weighted by atomic mass is 9.86. The summed E-state index contributed by atoms with van der Waals surface area (Å²) in [6, 6.07) is 15.0. The maximum atomic E-state index is 12.2. The Kier molecular flexibility index (Phi) is 6.49. The highest BCUT2D eigenvalue weighted by atomic mass is 16.5. The fraction of sp³-hybridized carbons (Fsp3) is 0.391. The Morgan fingerprint density at radius 2 is 1.43 bits per heavy atom. The quantitative estimate of drug-likeness (QED) is 0.782. The van der Waals surface area contributed by atoms with Crippen LogP contribution in [-0.4, -0.2) is 18.4 Å². The second-order valence-corrected chi connectivity index (χ2v) is 8.86. The fourth-order valence-electron chi connectivity index (χ4n) is 2.71. The van der Waals surface area contributed by atoms with Crippen LogP contribution in [-0.2, 0) is 15.6 Å². The van der Waals surface area contributed by atoms with Crippen LogP contribution in [0.25, 0.3) is 0 Å². The summed E-state index contributed by atoms with van der Waals surface area (Å²) in [7, 11) is 0. The number of nitrogens with one attached hydrogen (secondary N) is 2. The molecule has 5 heteroatoms. The first kappa shape index (κ1) is 21.5. The van der Waals surface area contributed by atoms with Gasteiger partial charge in [-0.1, -0.05) is 71.9 Å². The van der Waals surface area contributed by atoms with Crippen LogP contribution in [0, 0.1) is 0 Å². The highest BCUT2D eigenvalue weighted by molar-refractivity contribution is 5.95. The van der Waals surface area contributed by atoms with Gasteiger partial charge in [-0.05, 0) is 40.2 Å². The number of hydrogen-bond acceptors (Lipinski definition) is 3. The van der Waals surface area contributed by atoms with Gasteiger partial charge in [0.25, 0.3) is 11.8 Å². The fourth-order valence-corrected chi connectivity index (χ4v) is 2.71. The minimum Gasteiger partial charge on any atom is -0.483 e. The second kappa shape index (κ2) is 8.46. The van der Waals surface area contributed by atoms with E-state index in [0.717, 1.165) is 11.1 Å². The average Bonchev–Trinajstić information content (AvgIpc) is 2.63. The summed E-state index contributed by atoms with van der Waals surface area (Å²) < 4.78 is 5.65. The van der Waals surface area contributed by atoms with Crippen molar-refractivity contribution in [3.05, 3.63) is 65.2 Å². The SMILES string of the molecule is CC(C)(C)c1ccc(C(=O)NNC(=O)COc2ccccc2C(C)(C)C)cc1. The van der Waals surface area contributed by atoms with Gasteiger partial charge in [0.2, 0.25) is 0 Å². The number of rotatable bonds is 4. The first-order valence-electron chi connectivity index (χ1n) is 9.40. The highest BCUT2D eigenvalue weighted by Gasteiger charge is 2.19. The predicted octanol–water partition coefficient (Wildman–Crippen LogP) is 4.12. The van der Waals surface area contributed by atoms with Crippen molar-refractivity contribution in [1.29, 1.82) is 0 Å². The van der Waals surface area contributed by atoms with Gasteiger partial charge in [-0.3, -0.25) is 20.4 Å². The van der Waals surface area contributed by atoms with Crippen molar-refractivity contribution in [3.63, 3.8) is 0 Å². The monoisotopic (exact) mass is 382 g/mol. The van der Waals surface area contributed by atoms with Crippen molar-refractivity contribution in [3.8, 4) is 5.75 Å². The van der Waals surface area contributed by atoms with Gasteiger partial charge in [-0.15, -0.1) is 0 Å². The summed E-state index contributed by atoms with van der Waals surface area (Å²) >= 11 is 0. The summed E-state index contributed by atoms with van der Waals surface area (Å²) in [5.41, 5.74) is 7.37. The Morgan fingerprint density at radius 1 is 0.821 bits per heavy atom. The Balaban J connectivity index is 1.89. The summed E-state index contributed by atoms with van der Waals surface area (Å²) in [5.74, 6) is -0.137. The van der Waals surface area contributed by atoms with Gasteiger partial charge < -0.3 is 4.74 Å². The van der Waals surface area contributed by atoms with Crippen LogP contribution in [0.15, 0.2) is 48.5 Å². The molecule has 2 aromatic rings. The molecule has 0 radical (unpaired) electrons. The van der Waals surface area contributed by atoms with Gasteiger partial charge in [0.05, 0.1) is 0 Å². The van der Waals surface area contributed by atoms with Gasteiger partial charge in [0.1, 0.15) is 5.75 Å². The number of amides is 2. The van der Waals surface area contributed by atoms with Gasteiger partial charge in [0, 0.05) is 5.56 Å². The Morgan fingerprint density at radius 3 is 2.00 bits per heavy atom. The molecule has 0 atom stereocenters. The van der Waals surface area contributed by atoms with E-state index in [0.29, 0.717) is 11.3 Å². The smallest absolute Gasteiger partial charge is 0.276 e. The molecule has 2 amide bonds. The Bertz CT molecular complexity index is 828. The lowest BCUT2D eigenvalue weighted by Crippen LogP contribution is -2.43. The van der Waals surface area contributed by atoms with Crippen molar-refractivity contribution >= 4 is 11.8 Å². The van der Waals surface area contributed by atoms with Crippen molar-refractivity contribution in [2.45, 2.75) is 52.4 Å². The van der Waals surface area contributed by atoms with E-state index in [9.17, 15) is 9.59 Å². The third kappa shape index (κ3) is 5.84. The minimum absolute atomic E-state index is 0.0178. The third-order valence-corrected chi connectivity index (χ3v) is 4.38. The first-order chi connectivity index (χ1) is 13.0. The van der Waals surface area contributed by atoms with E-state index in [1.54, 1.807) is 12.1 Å². The van der Waals surface area contributed by atoms with E-state index in [4.69, 9.17) is 4.74 Å². The van der Waals surface area contributed by atoms with Crippen molar-refractivity contribution in [2.24, 2.45) is 0 Å². The van der Waals surface area contributed by atoms with E-state index in [-0.39, 0.29) is 23.3 Å². The number of hydrogen-bond donors (Lipinski definition) is 2. The molecule has 0 saturated carbocycles. The molecule has 0 heterocycles. The normalized spacial score (nSPS) is 11.6. The Labute approximate surface area is 167 Å². The van der Waals surface area contributed by atoms with Crippen LogP contribution < -0.4 is 15.6 Å². The van der Waals surface area contributed by atoms with E-state index in [1.807, 2.05) is 36.4 Å². The molecule has 0 unspecified atom stereocenters. The van der Waals surface area contributed by atoms with Crippen LogP contribution in [0.3, 0.4) is 0 Å². The average molecular weight is 383 g/mol. The van der Waals surface area contributed by atoms with Crippen molar-refractivity contribution < 1.29 is 14.3 Å². The summed E-state index contributed by atoms with van der Waals surface area (Å²) in [6.07, 6.45) is 0. The van der Waals surface area contributed by atoms with Gasteiger partial charge in [0.15, 0.2) is 6.61 Å². The number of carbonyl (C=O) groups excluding carboxylic acids is 2. The first-order valence-corrected chi connectivity index (χ1v) is 9.40. The topological polar surface area (TPSA) is 67.4 Å². The van der Waals surface area contributed by atoms with Gasteiger partial charge in [-0.2, -0.15) is 0 Å². The van der Waals surface area contributed by atoms with Crippen molar-refractivity contribution in [1.82, 2.24) is 10.9 Å². The van der Waals surface area contributed by atoms with Gasteiger partial charge in [-0.25, -0.2) is 0 Å². The number of carbonyl (C=O) groups is 2. The molecule has 0 aliphatic carbocycles. The molecule has 0 aliphatic rings. The van der Waals surface area contributed by atoms with E-state index in [1.165, 1.54) is 0 Å². The standard InChI is InChI=1S/C23H30N2O3/c1-22(2,3)17-13-11-16(12-14-17)21(27)25-24-20(26)15-28-19-10-8-7-9-18(19)23(4,5)6/h7-14H,15H2,1-6H3,(H,24,26)(H,25,27). The van der Waals surface area contributed by atoms with Crippen LogP contribution in [0.1, 0.15) is 63.0 Å². The van der Waals surface area contributed by atoms with E-state index < -0.39 is 5.91 Å². The summed E-state index contributed by atoms with van der Waals surface area (Å²) in [5, 5.41) is 0. The van der Waals surface area contributed by atoms with E-state index >= 15 is 0 Å². The molecular formula is C23H30N2O3. The van der Waals surface area contributed by atoms with Crippen molar-refractivity contribution in [2.75, 3.05) is 6.61 Å². The molecule has 0 aromatic heterocycles. The molecule has 0 bridgehead atoms. The lowest BCUT2D eigenvalue weighted by molar-refractivity contribution is -0.123. The number of hydrazine groups is 1. The zero-order valence-electron chi connectivity index (χ0n) is 17.6. The molecule has 150 valence electrons. The molecule has 0 aliphatic heterocycles. The predicted molar refractivity (Wildman–Crippen MR) is 111 cm³/mol. The zero-order chi connectivity index (χ0) is 20.9. The molecule has 0 fully saturated rings. The summed E-state index contributed by atoms with van der Waals surface area (Å²) in [4.78, 5) is 24.3. The van der Waals surface area contributed by atoms with Crippen LogP contribution in [0.5, 0.6) is 5.75 Å². The largest absolute Gasteiger partial charge is 0.483 e. The minimum atomic E-state index is -0.427. The van der Waals surface area contributed by atoms with Crippen LogP contribution in [0.2, 0.25) is 0 Å². The molecule has 28 heavy (non-hydrogen) atoms. The third-order valence-electron chi connectivity index (χ3n) is 4.38. The number of ether oxygens (including phenoxy) is 1. The lowest BCUT2D eigenvalue weighted by Gasteiger charge is -2.22. The number of benzene rings is 2. The molecule has 0 saturated heterocycles. The highest BCUT2D eigenvalue weighted by Crippen LogP contribution is 2.30. The molecule has 2 aromatic carbocycles. The van der Waals surface area contributed by atoms with Crippen LogP contribution in [0.4, 0.5) is 0 Å². The van der Waals surface area contributed by atoms with E-state index in [2.05, 4.69) is 52.4 Å². The molecule has 2 N–H and O–H groups in total. The number of para-hydroxylation sites is 1. The molecule has 0 spiro atoms. The Hall–Kier alpha value is -2.82. The van der Waals surface area contributed by atoms with Gasteiger partial charge >= 0.3 is 0 Å². The molecular weight excluding hydrogens is 352 g/mol. The maximum absolute atomic E-state index is 12.2. The second-order valence-electron chi connectivity index (χ2n) is 8.86.